The minimum atomic E-state index is -0.644. The van der Waals surface area contributed by atoms with Crippen LogP contribution < -0.4 is 0 Å². The maximum atomic E-state index is 11.0. The van der Waals surface area contributed by atoms with Crippen molar-refractivity contribution in [2.24, 2.45) is 5.41 Å². The van der Waals surface area contributed by atoms with Gasteiger partial charge in [0.05, 0.1) is 5.41 Å². The highest BCUT2D eigenvalue weighted by Crippen LogP contribution is 2.21. The molecule has 0 spiro atoms. The van der Waals surface area contributed by atoms with Crippen molar-refractivity contribution in [3.05, 3.63) is 0 Å². The van der Waals surface area contributed by atoms with E-state index < -0.39 is 17.1 Å². The molecule has 172 valence electrons. The summed E-state index contributed by atoms with van der Waals surface area (Å²) in [5.74, 6) is -0.526. The quantitative estimate of drug-likeness (QED) is 0.249. The van der Waals surface area contributed by atoms with E-state index in [9.17, 15) is 14.4 Å². The molecule has 0 heterocycles. The third-order valence-corrected chi connectivity index (χ3v) is 3.59. The molecule has 2 atom stereocenters. The molecule has 1 rings (SSSR count). The van der Waals surface area contributed by atoms with Crippen molar-refractivity contribution in [3.63, 3.8) is 0 Å². The summed E-state index contributed by atoms with van der Waals surface area (Å²) >= 11 is 13.7. The number of carbonyl (C=O) groups excluding carboxylic acids is 3. The number of rotatable bonds is 4. The van der Waals surface area contributed by atoms with Crippen LogP contribution in [0.1, 0.15) is 73.6 Å². The van der Waals surface area contributed by atoms with Crippen molar-refractivity contribution >= 4 is 57.2 Å². The van der Waals surface area contributed by atoms with Crippen LogP contribution in [0.5, 0.6) is 0 Å². The zero-order valence-corrected chi connectivity index (χ0v) is 21.1. The first-order chi connectivity index (χ1) is 13.3. The van der Waals surface area contributed by atoms with Gasteiger partial charge in [0, 0.05) is 6.92 Å². The zero-order chi connectivity index (χ0) is 23.0. The molecule has 7 nitrogen and oxygen atoms in total. The van der Waals surface area contributed by atoms with Crippen molar-refractivity contribution in [1.29, 1.82) is 0 Å². The van der Waals surface area contributed by atoms with Gasteiger partial charge in [-0.15, -0.1) is 0 Å². The van der Waals surface area contributed by atoms with Crippen LogP contribution in [0.25, 0.3) is 0 Å². The predicted octanol–water partition coefficient (Wildman–Crippen LogP) is 6.12. The van der Waals surface area contributed by atoms with E-state index in [0.717, 1.165) is 25.7 Å². The fraction of sp³-hybridized carbons (Fsp3) is 0.842. The fourth-order valence-electron chi connectivity index (χ4n) is 1.97. The second-order valence-corrected chi connectivity index (χ2v) is 9.35. The second-order valence-electron chi connectivity index (χ2n) is 7.23. The Bertz CT molecular complexity index is 474. The minimum absolute atomic E-state index is 0.0386. The first-order valence-electron chi connectivity index (χ1n) is 9.35. The molecule has 29 heavy (non-hydrogen) atoms. The highest BCUT2D eigenvalue weighted by Gasteiger charge is 2.22. The van der Waals surface area contributed by atoms with E-state index in [1.54, 1.807) is 34.6 Å². The average Bonchev–Trinajstić information content (AvgIpc) is 2.54. The Balaban J connectivity index is 0. The number of esters is 2. The van der Waals surface area contributed by atoms with Crippen molar-refractivity contribution < 1.29 is 33.3 Å². The lowest BCUT2D eigenvalue weighted by atomic mass is 9.98. The van der Waals surface area contributed by atoms with Crippen LogP contribution in [-0.2, 0) is 28.5 Å². The van der Waals surface area contributed by atoms with Gasteiger partial charge in [-0.05, 0) is 76.2 Å². The smallest absolute Gasteiger partial charge is 0.451 e. The summed E-state index contributed by atoms with van der Waals surface area (Å²) in [6.07, 6.45) is 4.80. The van der Waals surface area contributed by atoms with Crippen LogP contribution in [-0.4, -0.2) is 40.8 Å². The lowest BCUT2D eigenvalue weighted by Crippen LogP contribution is -2.22. The number of carbonyl (C=O) groups is 3. The molecule has 1 aliphatic rings. The molecule has 1 fully saturated rings. The van der Waals surface area contributed by atoms with Gasteiger partial charge in [-0.1, -0.05) is 29.6 Å². The van der Waals surface area contributed by atoms with Crippen LogP contribution >= 0.6 is 39.1 Å². The van der Waals surface area contributed by atoms with E-state index >= 15 is 0 Å². The largest absolute Gasteiger partial charge is 0.510 e. The minimum Gasteiger partial charge on any atom is -0.451 e. The van der Waals surface area contributed by atoms with E-state index in [2.05, 4.69) is 30.1 Å². The monoisotopic (exact) mass is 522 g/mol. The third kappa shape index (κ3) is 21.8. The predicted molar refractivity (Wildman–Crippen MR) is 116 cm³/mol. The van der Waals surface area contributed by atoms with Gasteiger partial charge in [0.1, 0.15) is 6.10 Å². The van der Waals surface area contributed by atoms with E-state index in [4.69, 9.17) is 27.9 Å². The van der Waals surface area contributed by atoms with Crippen LogP contribution in [0.2, 0.25) is 0 Å². The van der Waals surface area contributed by atoms with Crippen LogP contribution in [0.3, 0.4) is 0 Å². The van der Waals surface area contributed by atoms with Crippen molar-refractivity contribution in [3.8, 4) is 0 Å². The Hall–Kier alpha value is -0.730. The Morgan fingerprint density at radius 1 is 1.07 bits per heavy atom. The SMILES string of the molecule is CC(=O)OC(C)Br.CC(C)(C)C(=O)OCCl.CC(Cl)OC(=O)OC1CCCCC1. The van der Waals surface area contributed by atoms with E-state index in [-0.39, 0.29) is 29.1 Å². The lowest BCUT2D eigenvalue weighted by Gasteiger charge is -2.21. The molecule has 0 N–H and O–H groups in total. The first kappa shape index (κ1) is 30.5. The highest BCUT2D eigenvalue weighted by molar-refractivity contribution is 9.09. The Kier molecular flexibility index (Phi) is 17.9. The maximum Gasteiger partial charge on any atom is 0.510 e. The molecule has 0 saturated heterocycles. The molecule has 0 aromatic heterocycles. The van der Waals surface area contributed by atoms with Gasteiger partial charge >= 0.3 is 18.1 Å². The molecule has 0 aliphatic heterocycles. The van der Waals surface area contributed by atoms with Crippen molar-refractivity contribution in [2.45, 2.75) is 90.3 Å². The summed E-state index contributed by atoms with van der Waals surface area (Å²) in [6, 6.07) is -0.0594. The molecule has 10 heteroatoms. The van der Waals surface area contributed by atoms with Crippen molar-refractivity contribution in [2.75, 3.05) is 6.07 Å². The summed E-state index contributed by atoms with van der Waals surface area (Å²) in [5, 5.41) is -0.162. The maximum absolute atomic E-state index is 11.0. The number of hydrogen-bond donors (Lipinski definition) is 0. The normalized spacial score (nSPS) is 15.9. The highest BCUT2D eigenvalue weighted by atomic mass is 79.9. The van der Waals surface area contributed by atoms with Gasteiger partial charge in [0.2, 0.25) is 0 Å². The summed E-state index contributed by atoms with van der Waals surface area (Å²) in [5.41, 5.74) is -1.05. The fourth-order valence-corrected chi connectivity index (χ4v) is 2.41. The summed E-state index contributed by atoms with van der Waals surface area (Å²) in [7, 11) is 0. The molecule has 0 radical (unpaired) electrons. The van der Waals surface area contributed by atoms with E-state index in [0.29, 0.717) is 0 Å². The van der Waals surface area contributed by atoms with Gasteiger partial charge < -0.3 is 18.9 Å². The second kappa shape index (κ2) is 17.0. The number of ether oxygens (including phenoxy) is 4. The molecule has 0 amide bonds. The molecule has 0 aromatic rings. The van der Waals surface area contributed by atoms with E-state index in [1.807, 2.05) is 0 Å². The molecule has 2 unspecified atom stereocenters. The molecule has 0 aromatic carbocycles. The molecule has 0 bridgehead atoms. The molecular weight excluding hydrogens is 491 g/mol. The zero-order valence-electron chi connectivity index (χ0n) is 18.0. The third-order valence-electron chi connectivity index (χ3n) is 3.20. The number of alkyl halides is 3. The average molecular weight is 524 g/mol. The number of halogens is 3. The summed E-state index contributed by atoms with van der Waals surface area (Å²) < 4.78 is 18.8. The van der Waals surface area contributed by atoms with Gasteiger partial charge in [0.15, 0.2) is 16.6 Å². The Morgan fingerprint density at radius 2 is 1.59 bits per heavy atom. The molecular formula is C19H33BrCl2O7. The van der Waals surface area contributed by atoms with Gasteiger partial charge in [0.25, 0.3) is 0 Å². The summed E-state index contributed by atoms with van der Waals surface area (Å²) in [6.45, 7) is 10.0. The lowest BCUT2D eigenvalue weighted by molar-refractivity contribution is -0.150. The van der Waals surface area contributed by atoms with E-state index in [1.165, 1.54) is 13.3 Å². The molecule has 1 saturated carbocycles. The van der Waals surface area contributed by atoms with Crippen LogP contribution in [0, 0.1) is 5.41 Å². The first-order valence-corrected chi connectivity index (χ1v) is 11.2. The Morgan fingerprint density at radius 3 is 1.86 bits per heavy atom. The van der Waals surface area contributed by atoms with Crippen LogP contribution in [0.4, 0.5) is 4.79 Å². The topological polar surface area (TPSA) is 88.1 Å². The van der Waals surface area contributed by atoms with Gasteiger partial charge in [-0.25, -0.2) is 4.79 Å². The number of hydrogen-bond acceptors (Lipinski definition) is 7. The van der Waals surface area contributed by atoms with Crippen LogP contribution in [0.15, 0.2) is 0 Å². The Labute approximate surface area is 192 Å². The summed E-state index contributed by atoms with van der Waals surface area (Å²) in [4.78, 5) is 31.8. The molecule has 1 aliphatic carbocycles. The standard InChI is InChI=1S/C9H15ClO3.C6H11ClO2.C4H7BrO2/c1-7(10)12-9(11)13-8-5-3-2-4-6-8;1-6(2,3)5(8)9-4-7;1-3(5)7-4(2)6/h7-8H,2-6H2,1H3;4H2,1-3H3;3H,1-2H3. The van der Waals surface area contributed by atoms with Gasteiger partial charge in [-0.2, -0.15) is 0 Å². The van der Waals surface area contributed by atoms with Gasteiger partial charge in [-0.3, -0.25) is 9.59 Å². The van der Waals surface area contributed by atoms with Crippen molar-refractivity contribution in [1.82, 2.24) is 0 Å².